The van der Waals surface area contributed by atoms with Crippen LogP contribution in [0.3, 0.4) is 0 Å². The summed E-state index contributed by atoms with van der Waals surface area (Å²) in [5.74, 6) is -2.17. The largest absolute Gasteiger partial charge is 0.462 e. The van der Waals surface area contributed by atoms with E-state index in [0.29, 0.717) is 0 Å². The van der Waals surface area contributed by atoms with Crippen LogP contribution in [0.4, 0.5) is 0 Å². The molecule has 1 heterocycles. The van der Waals surface area contributed by atoms with E-state index in [1.165, 1.54) is 0 Å². The molecule has 13 heteroatoms. The maximum absolute atomic E-state index is 11.1. The lowest BCUT2D eigenvalue weighted by molar-refractivity contribution is -0.159. The summed E-state index contributed by atoms with van der Waals surface area (Å²) in [6.07, 6.45) is 7.56. The first kappa shape index (κ1) is 34.2. The number of carbonyl (C=O) groups is 3. The van der Waals surface area contributed by atoms with Crippen molar-refractivity contribution in [2.24, 2.45) is 5.41 Å². The highest BCUT2D eigenvalue weighted by Gasteiger charge is 2.35. The van der Waals surface area contributed by atoms with E-state index in [0.717, 1.165) is 18.2 Å². The van der Waals surface area contributed by atoms with Crippen molar-refractivity contribution in [1.82, 2.24) is 15.0 Å². The average Bonchev–Trinajstić information content (AvgIpc) is 2.97. The predicted octanol–water partition coefficient (Wildman–Crippen LogP) is 1.72. The molecule has 1 rings (SSSR count). The smallest absolute Gasteiger partial charge is 0.330 e. The number of carbonyl (C=O) groups excluding carboxylic acids is 3. The maximum atomic E-state index is 11.1. The highest BCUT2D eigenvalue weighted by molar-refractivity contribution is 5.82. The first-order valence-corrected chi connectivity index (χ1v) is 11.2. The predicted molar refractivity (Wildman–Crippen MR) is 140 cm³/mol. The van der Waals surface area contributed by atoms with Crippen LogP contribution in [-0.4, -0.2) is 84.2 Å². The number of hydrogen-bond acceptors (Lipinski definition) is 13. The maximum Gasteiger partial charge on any atom is 0.330 e. The molecule has 0 aromatic carbocycles. The van der Waals surface area contributed by atoms with Crippen molar-refractivity contribution in [3.63, 3.8) is 0 Å². The molecule has 0 radical (unpaired) electrons. The van der Waals surface area contributed by atoms with Crippen LogP contribution in [0, 0.1) is 5.41 Å². The van der Waals surface area contributed by atoms with Gasteiger partial charge in [0.15, 0.2) is 0 Å². The van der Waals surface area contributed by atoms with Gasteiger partial charge in [0.2, 0.25) is 0 Å². The molecule has 0 spiro atoms. The molecular weight excluding hydrogens is 514 g/mol. The molecule has 0 atom stereocenters. The van der Waals surface area contributed by atoms with E-state index in [2.05, 4.69) is 54.4 Å². The van der Waals surface area contributed by atoms with Crippen molar-refractivity contribution in [3.05, 3.63) is 75.9 Å². The van der Waals surface area contributed by atoms with Crippen LogP contribution < -0.4 is 14.2 Å². The van der Waals surface area contributed by atoms with Crippen molar-refractivity contribution in [2.45, 2.75) is 0 Å². The van der Waals surface area contributed by atoms with Gasteiger partial charge in [0.25, 0.3) is 0 Å². The summed E-state index contributed by atoms with van der Waals surface area (Å²) >= 11 is 0. The summed E-state index contributed by atoms with van der Waals surface area (Å²) in [5, 5.41) is 9.48. The van der Waals surface area contributed by atoms with Gasteiger partial charge in [-0.1, -0.05) is 57.7 Å². The van der Waals surface area contributed by atoms with E-state index in [-0.39, 0.29) is 57.7 Å². The molecule has 0 aliphatic heterocycles. The molecule has 0 saturated heterocycles. The SMILES string of the molecule is C=CC(=O)OCC(CO)(COC(=O)C=C)COC(=O)C=C.C=CCOc1nc(OCC=C)nc(OCC=C)n1. The van der Waals surface area contributed by atoms with Crippen molar-refractivity contribution < 1.29 is 47.9 Å². The van der Waals surface area contributed by atoms with Crippen molar-refractivity contribution in [2.75, 3.05) is 46.2 Å². The summed E-state index contributed by atoms with van der Waals surface area (Å²) in [4.78, 5) is 45.1. The van der Waals surface area contributed by atoms with Crippen LogP contribution in [0.5, 0.6) is 18.0 Å². The third-order valence-electron chi connectivity index (χ3n) is 3.96. The van der Waals surface area contributed by atoms with Crippen molar-refractivity contribution in [1.29, 1.82) is 0 Å². The molecule has 0 saturated carbocycles. The zero-order chi connectivity index (χ0) is 29.5. The minimum absolute atomic E-state index is 0.114. The molecule has 0 unspecified atom stereocenters. The number of aliphatic hydroxyl groups is 1. The minimum atomic E-state index is -1.28. The van der Waals surface area contributed by atoms with Gasteiger partial charge in [-0.15, -0.1) is 15.0 Å². The summed E-state index contributed by atoms with van der Waals surface area (Å²) in [5.41, 5.74) is -1.28. The Bertz CT molecular complexity index is 876. The zero-order valence-corrected chi connectivity index (χ0v) is 21.6. The Balaban J connectivity index is 0.000000748. The average molecular weight is 548 g/mol. The summed E-state index contributed by atoms with van der Waals surface area (Å²) < 4.78 is 30.1. The van der Waals surface area contributed by atoms with E-state index in [4.69, 9.17) is 28.4 Å². The standard InChI is InChI=1S/C14H18O7.C12H15N3O3/c1-4-11(16)19-8-14(7-15,9-20-12(17)5-2)10-21-13(18)6-3;1-4-7-16-10-13-11(17-8-5-2)15-12(14-10)18-9-6-3/h4-6,15H,1-3,7-10H2;4-6H,1-3,7-9H2. The second kappa shape index (κ2) is 20.3. The highest BCUT2D eigenvalue weighted by Crippen LogP contribution is 2.20. The van der Waals surface area contributed by atoms with E-state index in [9.17, 15) is 19.5 Å². The fourth-order valence-electron chi connectivity index (χ4n) is 2.03. The lowest BCUT2D eigenvalue weighted by atomic mass is 9.92. The second-order valence-electron chi connectivity index (χ2n) is 7.08. The van der Waals surface area contributed by atoms with Crippen molar-refractivity contribution >= 4 is 17.9 Å². The number of rotatable bonds is 19. The van der Waals surface area contributed by atoms with Gasteiger partial charge in [-0.05, 0) is 0 Å². The van der Waals surface area contributed by atoms with Crippen LogP contribution in [-0.2, 0) is 28.6 Å². The van der Waals surface area contributed by atoms with E-state index >= 15 is 0 Å². The molecule has 39 heavy (non-hydrogen) atoms. The Morgan fingerprint density at radius 2 is 0.897 bits per heavy atom. The van der Waals surface area contributed by atoms with Crippen LogP contribution in [0.2, 0.25) is 0 Å². The molecule has 212 valence electrons. The molecule has 0 aliphatic rings. The van der Waals surface area contributed by atoms with Gasteiger partial charge in [0.05, 0.1) is 12.0 Å². The van der Waals surface area contributed by atoms with E-state index < -0.39 is 29.9 Å². The number of aliphatic hydroxyl groups excluding tert-OH is 1. The molecule has 1 N–H and O–H groups in total. The third kappa shape index (κ3) is 15.2. The molecule has 0 fully saturated rings. The van der Waals surface area contributed by atoms with Gasteiger partial charge < -0.3 is 33.5 Å². The molecule has 1 aromatic rings. The molecule has 0 aliphatic carbocycles. The minimum Gasteiger partial charge on any atom is -0.462 e. The third-order valence-corrected chi connectivity index (χ3v) is 3.96. The zero-order valence-electron chi connectivity index (χ0n) is 21.6. The molecular formula is C26H33N3O10. The number of ether oxygens (including phenoxy) is 6. The Hall–Kier alpha value is -4.78. The monoisotopic (exact) mass is 547 g/mol. The highest BCUT2D eigenvalue weighted by atomic mass is 16.6. The molecule has 13 nitrogen and oxygen atoms in total. The number of nitrogens with zero attached hydrogens (tertiary/aromatic N) is 3. The summed E-state index contributed by atoms with van der Waals surface area (Å²) in [7, 11) is 0. The van der Waals surface area contributed by atoms with Crippen molar-refractivity contribution in [3.8, 4) is 18.0 Å². The summed E-state index contributed by atoms with van der Waals surface area (Å²) in [6.45, 7) is 19.6. The van der Waals surface area contributed by atoms with Gasteiger partial charge in [-0.3, -0.25) is 0 Å². The van der Waals surface area contributed by atoms with Gasteiger partial charge in [-0.25, -0.2) is 14.4 Å². The van der Waals surface area contributed by atoms with E-state index in [1.807, 2.05) is 0 Å². The van der Waals surface area contributed by atoms with Gasteiger partial charge in [0.1, 0.15) is 39.6 Å². The van der Waals surface area contributed by atoms with Crippen LogP contribution in [0.25, 0.3) is 0 Å². The lowest BCUT2D eigenvalue weighted by Gasteiger charge is -2.29. The van der Waals surface area contributed by atoms with Crippen LogP contribution in [0.15, 0.2) is 75.9 Å². The Labute approximate surface area is 226 Å². The van der Waals surface area contributed by atoms with Gasteiger partial charge in [0, 0.05) is 18.2 Å². The van der Waals surface area contributed by atoms with Gasteiger partial charge in [-0.2, -0.15) is 0 Å². The topological polar surface area (TPSA) is 165 Å². The summed E-state index contributed by atoms with van der Waals surface area (Å²) in [6, 6.07) is 0.342. The molecule has 0 bridgehead atoms. The quantitative estimate of drug-likeness (QED) is 0.115. The molecule has 0 amide bonds. The first-order valence-electron chi connectivity index (χ1n) is 11.2. The number of aromatic nitrogens is 3. The molecule has 1 aromatic heterocycles. The lowest BCUT2D eigenvalue weighted by Crippen LogP contribution is -2.42. The second-order valence-corrected chi connectivity index (χ2v) is 7.08. The fraction of sp³-hybridized carbons (Fsp3) is 0.308. The number of hydrogen-bond donors (Lipinski definition) is 1. The Kier molecular flexibility index (Phi) is 17.8. The Morgan fingerprint density at radius 1 is 0.615 bits per heavy atom. The van der Waals surface area contributed by atoms with Crippen LogP contribution >= 0.6 is 0 Å². The Morgan fingerprint density at radius 3 is 1.10 bits per heavy atom. The van der Waals surface area contributed by atoms with Crippen LogP contribution in [0.1, 0.15) is 0 Å². The fourth-order valence-corrected chi connectivity index (χ4v) is 2.03. The van der Waals surface area contributed by atoms with E-state index in [1.54, 1.807) is 18.2 Å². The first-order chi connectivity index (χ1) is 18.7. The van der Waals surface area contributed by atoms with Gasteiger partial charge >= 0.3 is 35.9 Å². The number of esters is 3. The normalized spacial score (nSPS) is 9.77.